The minimum absolute atomic E-state index is 0.164. The standard InChI is InChI=1S/C19H30N2O2/c1-3-10-21-11-8-15(9-12-21)20-19(22)7-5-16-4-6-18(23-16)17-13-14(17)2/h4,6,14-15,17H,3,5,7-13H2,1-2H3,(H,20,22)/t14-,17+/m1/s1. The Bertz CT molecular complexity index is 517. The lowest BCUT2D eigenvalue weighted by Crippen LogP contribution is -2.44. The third kappa shape index (κ3) is 4.60. The summed E-state index contributed by atoms with van der Waals surface area (Å²) < 4.78 is 5.87. The highest BCUT2D eigenvalue weighted by Gasteiger charge is 2.36. The Kier molecular flexibility index (Phi) is 5.42. The number of carbonyl (C=O) groups excluding carboxylic acids is 1. The minimum Gasteiger partial charge on any atom is -0.466 e. The summed E-state index contributed by atoms with van der Waals surface area (Å²) in [6, 6.07) is 4.48. The molecule has 1 saturated carbocycles. The molecular formula is C19H30N2O2. The van der Waals surface area contributed by atoms with Crippen molar-refractivity contribution < 1.29 is 9.21 Å². The summed E-state index contributed by atoms with van der Waals surface area (Å²) in [7, 11) is 0. The second-order valence-corrected chi connectivity index (χ2v) is 7.31. The summed E-state index contributed by atoms with van der Waals surface area (Å²) in [6.07, 6.45) is 5.85. The number of likely N-dealkylation sites (tertiary alicyclic amines) is 1. The van der Waals surface area contributed by atoms with Gasteiger partial charge in [0.2, 0.25) is 5.91 Å². The van der Waals surface area contributed by atoms with Crippen molar-refractivity contribution in [3.05, 3.63) is 23.7 Å². The predicted molar refractivity (Wildman–Crippen MR) is 91.4 cm³/mol. The van der Waals surface area contributed by atoms with Crippen LogP contribution in [0.25, 0.3) is 0 Å². The first-order valence-electron chi connectivity index (χ1n) is 9.26. The van der Waals surface area contributed by atoms with Crippen LogP contribution in [0.15, 0.2) is 16.5 Å². The maximum Gasteiger partial charge on any atom is 0.220 e. The zero-order valence-electron chi connectivity index (χ0n) is 14.5. The van der Waals surface area contributed by atoms with Gasteiger partial charge < -0.3 is 14.6 Å². The van der Waals surface area contributed by atoms with Gasteiger partial charge in [0.15, 0.2) is 0 Å². The van der Waals surface area contributed by atoms with Gasteiger partial charge in [0.25, 0.3) is 0 Å². The van der Waals surface area contributed by atoms with Crippen molar-refractivity contribution in [3.63, 3.8) is 0 Å². The molecule has 1 aliphatic carbocycles. The second-order valence-electron chi connectivity index (χ2n) is 7.31. The molecule has 2 heterocycles. The first-order chi connectivity index (χ1) is 11.2. The summed E-state index contributed by atoms with van der Waals surface area (Å²) in [5.74, 6) is 3.60. The van der Waals surface area contributed by atoms with Gasteiger partial charge in [-0.2, -0.15) is 0 Å². The van der Waals surface area contributed by atoms with E-state index in [4.69, 9.17) is 4.42 Å². The maximum absolute atomic E-state index is 12.1. The van der Waals surface area contributed by atoms with Gasteiger partial charge in [0, 0.05) is 37.9 Å². The number of hydrogen-bond acceptors (Lipinski definition) is 3. The Morgan fingerprint density at radius 3 is 2.74 bits per heavy atom. The Morgan fingerprint density at radius 2 is 2.09 bits per heavy atom. The van der Waals surface area contributed by atoms with E-state index in [0.29, 0.717) is 24.8 Å². The zero-order chi connectivity index (χ0) is 16.2. The molecule has 2 atom stereocenters. The largest absolute Gasteiger partial charge is 0.466 e. The van der Waals surface area contributed by atoms with Crippen LogP contribution in [-0.4, -0.2) is 36.5 Å². The van der Waals surface area contributed by atoms with E-state index in [-0.39, 0.29) is 5.91 Å². The molecule has 0 bridgehead atoms. The smallest absolute Gasteiger partial charge is 0.220 e. The van der Waals surface area contributed by atoms with E-state index < -0.39 is 0 Å². The SMILES string of the molecule is CCCN1CCC(NC(=O)CCc2ccc([C@H]3C[C@H]3C)o2)CC1. The van der Waals surface area contributed by atoms with Gasteiger partial charge in [0.05, 0.1) is 0 Å². The molecule has 0 radical (unpaired) electrons. The Morgan fingerprint density at radius 1 is 1.35 bits per heavy atom. The molecule has 1 aromatic rings. The van der Waals surface area contributed by atoms with E-state index in [1.165, 1.54) is 19.4 Å². The number of piperidine rings is 1. The van der Waals surface area contributed by atoms with Gasteiger partial charge in [0.1, 0.15) is 11.5 Å². The fourth-order valence-corrected chi connectivity index (χ4v) is 3.60. The molecule has 4 nitrogen and oxygen atoms in total. The van der Waals surface area contributed by atoms with Crippen LogP contribution in [0, 0.1) is 5.92 Å². The van der Waals surface area contributed by atoms with Gasteiger partial charge in [-0.25, -0.2) is 0 Å². The van der Waals surface area contributed by atoms with Crippen molar-refractivity contribution in [1.29, 1.82) is 0 Å². The van der Waals surface area contributed by atoms with Crippen LogP contribution in [0.3, 0.4) is 0 Å². The third-order valence-electron chi connectivity index (χ3n) is 5.25. The van der Waals surface area contributed by atoms with Crippen LogP contribution in [0.4, 0.5) is 0 Å². The lowest BCUT2D eigenvalue weighted by molar-refractivity contribution is -0.122. The van der Waals surface area contributed by atoms with E-state index in [9.17, 15) is 4.79 Å². The number of carbonyl (C=O) groups is 1. The molecule has 1 saturated heterocycles. The van der Waals surface area contributed by atoms with Crippen molar-refractivity contribution >= 4 is 5.91 Å². The zero-order valence-corrected chi connectivity index (χ0v) is 14.5. The molecule has 0 aromatic carbocycles. The predicted octanol–water partition coefficient (Wildman–Crippen LogP) is 3.33. The third-order valence-corrected chi connectivity index (χ3v) is 5.25. The maximum atomic E-state index is 12.1. The highest BCUT2D eigenvalue weighted by Crippen LogP contribution is 2.47. The Balaban J connectivity index is 1.36. The molecular weight excluding hydrogens is 288 g/mol. The van der Waals surface area contributed by atoms with Crippen LogP contribution in [0.2, 0.25) is 0 Å². The quantitative estimate of drug-likeness (QED) is 0.839. The number of amides is 1. The lowest BCUT2D eigenvalue weighted by atomic mass is 10.0. The summed E-state index contributed by atoms with van der Waals surface area (Å²) in [5, 5.41) is 3.19. The van der Waals surface area contributed by atoms with Crippen molar-refractivity contribution in [1.82, 2.24) is 10.2 Å². The highest BCUT2D eigenvalue weighted by molar-refractivity contribution is 5.76. The molecule has 1 aliphatic heterocycles. The van der Waals surface area contributed by atoms with Crippen LogP contribution >= 0.6 is 0 Å². The Hall–Kier alpha value is -1.29. The fourth-order valence-electron chi connectivity index (χ4n) is 3.60. The van der Waals surface area contributed by atoms with Gasteiger partial charge >= 0.3 is 0 Å². The fraction of sp³-hybridized carbons (Fsp3) is 0.737. The summed E-state index contributed by atoms with van der Waals surface area (Å²) in [6.45, 7) is 7.88. The van der Waals surface area contributed by atoms with E-state index in [1.54, 1.807) is 0 Å². The number of nitrogens with one attached hydrogen (secondary N) is 1. The van der Waals surface area contributed by atoms with Crippen molar-refractivity contribution in [2.45, 2.75) is 64.3 Å². The molecule has 23 heavy (non-hydrogen) atoms. The summed E-state index contributed by atoms with van der Waals surface area (Å²) in [5.41, 5.74) is 0. The van der Waals surface area contributed by atoms with Crippen LogP contribution in [0.5, 0.6) is 0 Å². The molecule has 128 valence electrons. The van der Waals surface area contributed by atoms with Gasteiger partial charge in [-0.1, -0.05) is 13.8 Å². The van der Waals surface area contributed by atoms with E-state index in [1.807, 2.05) is 6.07 Å². The number of hydrogen-bond donors (Lipinski definition) is 1. The van der Waals surface area contributed by atoms with E-state index >= 15 is 0 Å². The summed E-state index contributed by atoms with van der Waals surface area (Å²) >= 11 is 0. The van der Waals surface area contributed by atoms with Crippen molar-refractivity contribution in [2.24, 2.45) is 5.92 Å². The molecule has 0 spiro atoms. The first-order valence-corrected chi connectivity index (χ1v) is 9.26. The molecule has 0 unspecified atom stereocenters. The number of furan rings is 1. The molecule has 4 heteroatoms. The van der Waals surface area contributed by atoms with Gasteiger partial charge in [-0.05, 0) is 50.3 Å². The molecule has 1 amide bonds. The van der Waals surface area contributed by atoms with Gasteiger partial charge in [-0.15, -0.1) is 0 Å². The highest BCUT2D eigenvalue weighted by atomic mass is 16.3. The van der Waals surface area contributed by atoms with Crippen molar-refractivity contribution in [2.75, 3.05) is 19.6 Å². The monoisotopic (exact) mass is 318 g/mol. The average Bonchev–Trinajstić information content (AvgIpc) is 3.09. The number of rotatable bonds is 7. The van der Waals surface area contributed by atoms with Crippen LogP contribution in [0.1, 0.15) is 63.4 Å². The average molecular weight is 318 g/mol. The first kappa shape index (κ1) is 16.6. The van der Waals surface area contributed by atoms with E-state index in [2.05, 4.69) is 30.1 Å². The molecule has 2 aliphatic rings. The van der Waals surface area contributed by atoms with Gasteiger partial charge in [-0.3, -0.25) is 4.79 Å². The molecule has 1 N–H and O–H groups in total. The minimum atomic E-state index is 0.164. The molecule has 2 fully saturated rings. The summed E-state index contributed by atoms with van der Waals surface area (Å²) in [4.78, 5) is 14.6. The number of nitrogens with zero attached hydrogens (tertiary/aromatic N) is 1. The normalized spacial score (nSPS) is 25.5. The van der Waals surface area contributed by atoms with Crippen molar-refractivity contribution in [3.8, 4) is 0 Å². The molecule has 1 aromatic heterocycles. The van der Waals surface area contributed by atoms with Crippen LogP contribution in [-0.2, 0) is 11.2 Å². The topological polar surface area (TPSA) is 45.5 Å². The lowest BCUT2D eigenvalue weighted by Gasteiger charge is -2.32. The molecule has 3 rings (SSSR count). The second kappa shape index (κ2) is 7.52. The van der Waals surface area contributed by atoms with E-state index in [0.717, 1.165) is 43.4 Å². The number of aryl methyl sites for hydroxylation is 1. The van der Waals surface area contributed by atoms with Crippen LogP contribution < -0.4 is 5.32 Å². The Labute approximate surface area is 139 Å².